The molecular formula is C17H18ClN3O4S. The topological polar surface area (TPSA) is 92.9 Å². The maximum absolute atomic E-state index is 12.8. The highest BCUT2D eigenvalue weighted by Crippen LogP contribution is 2.28. The molecule has 2 aromatic carbocycles. The summed E-state index contributed by atoms with van der Waals surface area (Å²) in [5.41, 5.74) is 0.162. The molecule has 138 valence electrons. The largest absolute Gasteiger partial charge is 0.356 e. The monoisotopic (exact) mass is 395 g/mol. The van der Waals surface area contributed by atoms with Crippen molar-refractivity contribution in [1.82, 2.24) is 4.90 Å². The fourth-order valence-electron chi connectivity index (χ4n) is 2.36. The van der Waals surface area contributed by atoms with Crippen LogP contribution < -0.4 is 0 Å². The highest BCUT2D eigenvalue weighted by Gasteiger charge is 2.22. The fourth-order valence-corrected chi connectivity index (χ4v) is 3.60. The Bertz CT molecular complexity index is 926. The zero-order valence-corrected chi connectivity index (χ0v) is 15.9. The van der Waals surface area contributed by atoms with E-state index in [1.165, 1.54) is 12.1 Å². The Morgan fingerprint density at radius 2 is 1.77 bits per heavy atom. The Balaban J connectivity index is 2.61. The van der Waals surface area contributed by atoms with Gasteiger partial charge in [0.15, 0.2) is 0 Å². The number of hydrogen-bond acceptors (Lipinski definition) is 4. The van der Waals surface area contributed by atoms with E-state index in [1.54, 1.807) is 29.2 Å². The van der Waals surface area contributed by atoms with Gasteiger partial charge < -0.3 is 4.90 Å². The van der Waals surface area contributed by atoms with Crippen molar-refractivity contribution in [3.8, 4) is 0 Å². The molecular weight excluding hydrogens is 378 g/mol. The highest BCUT2D eigenvalue weighted by molar-refractivity contribution is 7.90. The van der Waals surface area contributed by atoms with E-state index in [4.69, 9.17) is 11.6 Å². The molecule has 0 unspecified atom stereocenters. The van der Waals surface area contributed by atoms with E-state index >= 15 is 0 Å². The number of hydrogen-bond donors (Lipinski definition) is 0. The zero-order chi connectivity index (χ0) is 19.3. The number of benzene rings is 2. The molecule has 0 saturated carbocycles. The quantitative estimate of drug-likeness (QED) is 0.321. The molecule has 0 aliphatic rings. The molecule has 0 bridgehead atoms. The van der Waals surface area contributed by atoms with Crippen LogP contribution in [0.5, 0.6) is 0 Å². The van der Waals surface area contributed by atoms with Gasteiger partial charge >= 0.3 is 0 Å². The Morgan fingerprint density at radius 1 is 1.15 bits per heavy atom. The normalized spacial score (nSPS) is 12.0. The van der Waals surface area contributed by atoms with E-state index < -0.39 is 20.6 Å². The van der Waals surface area contributed by atoms with E-state index in [0.29, 0.717) is 18.7 Å². The highest BCUT2D eigenvalue weighted by atomic mass is 35.5. The van der Waals surface area contributed by atoms with E-state index in [1.807, 2.05) is 19.9 Å². The second-order valence-corrected chi connectivity index (χ2v) is 7.31. The molecule has 2 aromatic rings. The number of amidine groups is 1. The first-order valence-corrected chi connectivity index (χ1v) is 9.71. The van der Waals surface area contributed by atoms with Crippen molar-refractivity contribution in [2.45, 2.75) is 18.7 Å². The third-order valence-electron chi connectivity index (χ3n) is 3.71. The van der Waals surface area contributed by atoms with Crippen LogP contribution in [0.1, 0.15) is 19.4 Å². The van der Waals surface area contributed by atoms with Crippen LogP contribution in [-0.4, -0.2) is 37.2 Å². The summed E-state index contributed by atoms with van der Waals surface area (Å²) in [5, 5.41) is 10.9. The minimum Gasteiger partial charge on any atom is -0.356 e. The molecule has 0 heterocycles. The maximum atomic E-state index is 12.8. The summed E-state index contributed by atoms with van der Waals surface area (Å²) in [6.07, 6.45) is 0. The van der Waals surface area contributed by atoms with Crippen LogP contribution in [0.3, 0.4) is 0 Å². The van der Waals surface area contributed by atoms with Crippen molar-refractivity contribution in [2.75, 3.05) is 13.1 Å². The lowest BCUT2D eigenvalue weighted by Crippen LogP contribution is -2.32. The van der Waals surface area contributed by atoms with E-state index in [9.17, 15) is 18.5 Å². The summed E-state index contributed by atoms with van der Waals surface area (Å²) in [5.74, 6) is 0.285. The number of rotatable bonds is 6. The van der Waals surface area contributed by atoms with E-state index in [-0.39, 0.29) is 15.8 Å². The van der Waals surface area contributed by atoms with Gasteiger partial charge in [0.2, 0.25) is 0 Å². The molecule has 0 spiro atoms. The van der Waals surface area contributed by atoms with Crippen LogP contribution in [0.25, 0.3) is 0 Å². The van der Waals surface area contributed by atoms with Crippen LogP contribution >= 0.6 is 11.6 Å². The molecule has 0 radical (unpaired) electrons. The summed E-state index contributed by atoms with van der Waals surface area (Å²) in [7, 11) is -4.16. The molecule has 26 heavy (non-hydrogen) atoms. The first-order chi connectivity index (χ1) is 12.3. The minimum atomic E-state index is -4.16. The van der Waals surface area contributed by atoms with Gasteiger partial charge in [-0.2, -0.15) is 8.42 Å². The molecule has 0 N–H and O–H groups in total. The molecule has 0 aromatic heterocycles. The average Bonchev–Trinajstić information content (AvgIpc) is 2.62. The fraction of sp³-hybridized carbons (Fsp3) is 0.235. The number of nitro benzene ring substituents is 1. The van der Waals surface area contributed by atoms with Gasteiger partial charge in [-0.3, -0.25) is 10.1 Å². The van der Waals surface area contributed by atoms with Crippen molar-refractivity contribution in [1.29, 1.82) is 0 Å². The van der Waals surface area contributed by atoms with Gasteiger partial charge in [-0.15, -0.1) is 4.40 Å². The standard InChI is InChI=1S/C17H18ClN3O4S/c1-3-20(4-2)17(13-8-6-5-7-9-13)19-26(24,25)14-10-11-15(18)16(12-14)21(22)23/h5-12H,3-4H2,1-2H3/b19-17-. The predicted molar refractivity (Wildman–Crippen MR) is 101 cm³/mol. The first-order valence-electron chi connectivity index (χ1n) is 7.89. The van der Waals surface area contributed by atoms with Crippen LogP contribution in [-0.2, 0) is 10.0 Å². The molecule has 0 aliphatic heterocycles. The second-order valence-electron chi connectivity index (χ2n) is 5.30. The molecule has 7 nitrogen and oxygen atoms in total. The van der Waals surface area contributed by atoms with Crippen LogP contribution in [0.15, 0.2) is 57.8 Å². The molecule has 0 amide bonds. The van der Waals surface area contributed by atoms with Crippen molar-refractivity contribution < 1.29 is 13.3 Å². The summed E-state index contributed by atoms with van der Waals surface area (Å²) in [6.45, 7) is 4.89. The van der Waals surface area contributed by atoms with Crippen molar-refractivity contribution in [3.63, 3.8) is 0 Å². The van der Waals surface area contributed by atoms with Gasteiger partial charge in [0.25, 0.3) is 15.7 Å². The molecule has 0 fully saturated rings. The van der Waals surface area contributed by atoms with Crippen molar-refractivity contribution in [2.24, 2.45) is 4.40 Å². The summed E-state index contributed by atoms with van der Waals surface area (Å²) in [6, 6.07) is 12.2. The Hall–Kier alpha value is -2.45. The van der Waals surface area contributed by atoms with Gasteiger partial charge in [-0.1, -0.05) is 41.9 Å². The Morgan fingerprint density at radius 3 is 2.31 bits per heavy atom. The lowest BCUT2D eigenvalue weighted by atomic mass is 10.2. The average molecular weight is 396 g/mol. The molecule has 9 heteroatoms. The Labute approximate surface area is 157 Å². The summed E-state index contributed by atoms with van der Waals surface area (Å²) >= 11 is 5.76. The lowest BCUT2D eigenvalue weighted by Gasteiger charge is -2.23. The van der Waals surface area contributed by atoms with Gasteiger partial charge in [0, 0.05) is 24.7 Å². The number of nitro groups is 1. The molecule has 2 rings (SSSR count). The lowest BCUT2D eigenvalue weighted by molar-refractivity contribution is -0.384. The molecule has 0 atom stereocenters. The smallest absolute Gasteiger partial charge is 0.289 e. The van der Waals surface area contributed by atoms with Gasteiger partial charge in [0.1, 0.15) is 10.9 Å². The number of halogens is 1. The van der Waals surface area contributed by atoms with Gasteiger partial charge in [0.05, 0.1) is 9.82 Å². The third kappa shape index (κ3) is 4.39. The summed E-state index contributed by atoms with van der Waals surface area (Å²) in [4.78, 5) is 11.8. The van der Waals surface area contributed by atoms with Crippen molar-refractivity contribution in [3.05, 3.63) is 69.2 Å². The predicted octanol–water partition coefficient (Wildman–Crippen LogP) is 3.73. The third-order valence-corrected chi connectivity index (χ3v) is 5.30. The van der Waals surface area contributed by atoms with Gasteiger partial charge in [-0.25, -0.2) is 0 Å². The zero-order valence-electron chi connectivity index (χ0n) is 14.3. The molecule has 0 aliphatic carbocycles. The number of nitrogens with zero attached hydrogens (tertiary/aromatic N) is 3. The van der Waals surface area contributed by atoms with Crippen LogP contribution in [0.4, 0.5) is 5.69 Å². The number of sulfonamides is 1. The minimum absolute atomic E-state index is 0.134. The van der Waals surface area contributed by atoms with Crippen LogP contribution in [0, 0.1) is 10.1 Å². The van der Waals surface area contributed by atoms with Gasteiger partial charge in [-0.05, 0) is 26.0 Å². The van der Waals surface area contributed by atoms with Crippen molar-refractivity contribution >= 4 is 33.1 Å². The molecule has 0 saturated heterocycles. The second kappa shape index (κ2) is 8.29. The summed E-state index contributed by atoms with van der Waals surface area (Å²) < 4.78 is 29.5. The SMILES string of the molecule is CCN(CC)/C(=N\S(=O)(=O)c1ccc(Cl)c([N+](=O)[O-])c1)c1ccccc1. The van der Waals surface area contributed by atoms with E-state index in [2.05, 4.69) is 4.40 Å². The maximum Gasteiger partial charge on any atom is 0.289 e. The van der Waals surface area contributed by atoms with Crippen LogP contribution in [0.2, 0.25) is 5.02 Å². The van der Waals surface area contributed by atoms with E-state index in [0.717, 1.165) is 6.07 Å². The Kier molecular flexibility index (Phi) is 6.33. The first kappa shape index (κ1) is 19.9.